The van der Waals surface area contributed by atoms with E-state index in [0.29, 0.717) is 37.4 Å². The molecular formula is C21H29N5O. The Morgan fingerprint density at radius 3 is 2.67 bits per heavy atom. The van der Waals surface area contributed by atoms with Gasteiger partial charge in [0.05, 0.1) is 12.3 Å². The van der Waals surface area contributed by atoms with Crippen LogP contribution in [0.2, 0.25) is 0 Å². The van der Waals surface area contributed by atoms with Gasteiger partial charge in [-0.2, -0.15) is 0 Å². The second-order valence-electron chi connectivity index (χ2n) is 7.67. The molecule has 1 amide bonds. The summed E-state index contributed by atoms with van der Waals surface area (Å²) in [6, 6.07) is 8.05. The van der Waals surface area contributed by atoms with Gasteiger partial charge < -0.3 is 20.6 Å². The van der Waals surface area contributed by atoms with Gasteiger partial charge >= 0.3 is 0 Å². The average Bonchev–Trinajstić information content (AvgIpc) is 2.69. The van der Waals surface area contributed by atoms with Crippen molar-refractivity contribution < 1.29 is 4.79 Å². The van der Waals surface area contributed by atoms with Crippen LogP contribution in [-0.4, -0.2) is 62.2 Å². The summed E-state index contributed by atoms with van der Waals surface area (Å²) in [6.07, 6.45) is 4.51. The second kappa shape index (κ2) is 8.46. The SMILES string of the molecule is CN(C)c1ccc(CC(=O)N2CCC(=N)C(C(=N)C3CC=NCC3)C2)cc1. The largest absolute Gasteiger partial charge is 0.378 e. The second-order valence-corrected chi connectivity index (χ2v) is 7.67. The molecule has 2 atom stereocenters. The van der Waals surface area contributed by atoms with Crippen molar-refractivity contribution in [3.05, 3.63) is 29.8 Å². The number of piperidine rings is 1. The van der Waals surface area contributed by atoms with Crippen LogP contribution in [0.15, 0.2) is 29.3 Å². The van der Waals surface area contributed by atoms with Crippen molar-refractivity contribution in [2.45, 2.75) is 25.7 Å². The van der Waals surface area contributed by atoms with E-state index >= 15 is 0 Å². The number of benzene rings is 1. The van der Waals surface area contributed by atoms with E-state index in [-0.39, 0.29) is 17.7 Å². The minimum absolute atomic E-state index is 0.0862. The number of nitrogens with zero attached hydrogens (tertiary/aromatic N) is 3. The monoisotopic (exact) mass is 367 g/mol. The van der Waals surface area contributed by atoms with Crippen molar-refractivity contribution in [1.29, 1.82) is 10.8 Å². The lowest BCUT2D eigenvalue weighted by atomic mass is 9.81. The van der Waals surface area contributed by atoms with Crippen molar-refractivity contribution in [2.75, 3.05) is 38.6 Å². The van der Waals surface area contributed by atoms with Crippen LogP contribution in [0.5, 0.6) is 0 Å². The Kier molecular flexibility index (Phi) is 6.04. The molecule has 6 nitrogen and oxygen atoms in total. The van der Waals surface area contributed by atoms with Crippen LogP contribution >= 0.6 is 0 Å². The van der Waals surface area contributed by atoms with E-state index in [4.69, 9.17) is 10.8 Å². The van der Waals surface area contributed by atoms with Crippen molar-refractivity contribution in [3.63, 3.8) is 0 Å². The summed E-state index contributed by atoms with van der Waals surface area (Å²) >= 11 is 0. The van der Waals surface area contributed by atoms with Crippen LogP contribution in [0, 0.1) is 22.7 Å². The van der Waals surface area contributed by atoms with E-state index in [0.717, 1.165) is 30.6 Å². The number of anilines is 1. The summed E-state index contributed by atoms with van der Waals surface area (Å²) in [7, 11) is 3.99. The molecule has 1 saturated heterocycles. The number of amides is 1. The Balaban J connectivity index is 1.62. The fraction of sp³-hybridized carbons (Fsp3) is 0.524. The van der Waals surface area contributed by atoms with Crippen molar-refractivity contribution in [3.8, 4) is 0 Å². The normalized spacial score (nSPS) is 22.6. The van der Waals surface area contributed by atoms with E-state index in [1.165, 1.54) is 0 Å². The van der Waals surface area contributed by atoms with Gasteiger partial charge in [-0.05, 0) is 36.8 Å². The Hall–Kier alpha value is -2.50. The van der Waals surface area contributed by atoms with E-state index in [1.807, 2.05) is 54.4 Å². The molecule has 2 N–H and O–H groups in total. The third-order valence-corrected chi connectivity index (χ3v) is 5.58. The van der Waals surface area contributed by atoms with Gasteiger partial charge in [0.25, 0.3) is 0 Å². The van der Waals surface area contributed by atoms with Crippen LogP contribution in [0.3, 0.4) is 0 Å². The van der Waals surface area contributed by atoms with Crippen molar-refractivity contribution in [1.82, 2.24) is 4.90 Å². The minimum Gasteiger partial charge on any atom is -0.378 e. The molecule has 2 heterocycles. The van der Waals surface area contributed by atoms with Crippen LogP contribution in [0.4, 0.5) is 5.69 Å². The first-order chi connectivity index (χ1) is 13.0. The molecule has 0 aliphatic carbocycles. The molecule has 6 heteroatoms. The summed E-state index contributed by atoms with van der Waals surface area (Å²) in [5.41, 5.74) is 3.32. The zero-order valence-corrected chi connectivity index (χ0v) is 16.2. The van der Waals surface area contributed by atoms with Crippen molar-refractivity contribution >= 4 is 29.2 Å². The highest BCUT2D eigenvalue weighted by molar-refractivity contribution is 6.07. The predicted octanol–water partition coefficient (Wildman–Crippen LogP) is 2.66. The first-order valence-corrected chi connectivity index (χ1v) is 9.63. The maximum atomic E-state index is 12.8. The smallest absolute Gasteiger partial charge is 0.227 e. The molecule has 0 bridgehead atoms. The third kappa shape index (κ3) is 4.62. The molecule has 0 radical (unpaired) electrons. The molecule has 1 aromatic rings. The quantitative estimate of drug-likeness (QED) is 0.784. The minimum atomic E-state index is -0.227. The highest BCUT2D eigenvalue weighted by Crippen LogP contribution is 2.24. The Bertz CT molecular complexity index is 737. The molecule has 3 rings (SSSR count). The fourth-order valence-corrected chi connectivity index (χ4v) is 3.77. The lowest BCUT2D eigenvalue weighted by molar-refractivity contribution is -0.130. The van der Waals surface area contributed by atoms with Crippen LogP contribution in [-0.2, 0) is 11.2 Å². The van der Waals surface area contributed by atoms with Crippen molar-refractivity contribution in [2.24, 2.45) is 16.8 Å². The van der Waals surface area contributed by atoms with Gasteiger partial charge in [-0.3, -0.25) is 9.79 Å². The van der Waals surface area contributed by atoms with Gasteiger partial charge in [-0.25, -0.2) is 0 Å². The molecule has 0 spiro atoms. The molecular weight excluding hydrogens is 338 g/mol. The van der Waals surface area contributed by atoms with Crippen LogP contribution in [0.1, 0.15) is 24.8 Å². The molecule has 144 valence electrons. The van der Waals surface area contributed by atoms with Gasteiger partial charge in [0.1, 0.15) is 0 Å². The lowest BCUT2D eigenvalue weighted by Crippen LogP contribution is -2.48. The number of nitrogens with one attached hydrogen (secondary N) is 2. The topological polar surface area (TPSA) is 83.6 Å². The number of carbonyl (C=O) groups is 1. The molecule has 27 heavy (non-hydrogen) atoms. The molecule has 1 aromatic carbocycles. The third-order valence-electron chi connectivity index (χ3n) is 5.58. The molecule has 2 unspecified atom stereocenters. The summed E-state index contributed by atoms with van der Waals surface area (Å²) < 4.78 is 0. The molecule has 1 fully saturated rings. The van der Waals surface area contributed by atoms with Gasteiger partial charge in [0.2, 0.25) is 5.91 Å². The molecule has 0 saturated carbocycles. The number of likely N-dealkylation sites (tertiary alicyclic amines) is 1. The average molecular weight is 367 g/mol. The predicted molar refractivity (Wildman–Crippen MR) is 111 cm³/mol. The molecule has 2 aliphatic rings. The first-order valence-electron chi connectivity index (χ1n) is 9.63. The van der Waals surface area contributed by atoms with E-state index in [2.05, 4.69) is 4.99 Å². The number of carbonyl (C=O) groups excluding carboxylic acids is 1. The van der Waals surface area contributed by atoms with Crippen LogP contribution < -0.4 is 4.90 Å². The summed E-state index contributed by atoms with van der Waals surface area (Å²) in [5, 5.41) is 16.9. The first kappa shape index (κ1) is 19.3. The van der Waals surface area contributed by atoms with E-state index < -0.39 is 0 Å². The zero-order chi connectivity index (χ0) is 19.4. The van der Waals surface area contributed by atoms with Gasteiger partial charge in [-0.15, -0.1) is 0 Å². The Morgan fingerprint density at radius 2 is 2.04 bits per heavy atom. The highest BCUT2D eigenvalue weighted by Gasteiger charge is 2.33. The van der Waals surface area contributed by atoms with Crippen LogP contribution in [0.25, 0.3) is 0 Å². The van der Waals surface area contributed by atoms with Gasteiger partial charge in [0, 0.05) is 63.2 Å². The summed E-state index contributed by atoms with van der Waals surface area (Å²) in [4.78, 5) is 20.9. The fourth-order valence-electron chi connectivity index (χ4n) is 3.77. The standard InChI is InChI=1S/C21H29N5O/c1-25(2)17-5-3-15(4-6-17)13-20(27)26-12-9-19(22)18(14-26)21(23)16-7-10-24-11-8-16/h3-6,10,16,18,22-23H,7-9,11-14H2,1-2H3. The summed E-state index contributed by atoms with van der Waals surface area (Å²) in [6.45, 7) is 1.82. The number of rotatable bonds is 5. The Morgan fingerprint density at radius 1 is 1.30 bits per heavy atom. The maximum Gasteiger partial charge on any atom is 0.227 e. The van der Waals surface area contributed by atoms with Gasteiger partial charge in [0.15, 0.2) is 0 Å². The van der Waals surface area contributed by atoms with Gasteiger partial charge in [-0.1, -0.05) is 12.1 Å². The zero-order valence-electron chi connectivity index (χ0n) is 16.2. The lowest BCUT2D eigenvalue weighted by Gasteiger charge is -2.36. The molecule has 0 aromatic heterocycles. The Labute approximate surface area is 161 Å². The summed E-state index contributed by atoms with van der Waals surface area (Å²) in [5.74, 6) is 0.0277. The van der Waals surface area contributed by atoms with E-state index in [1.54, 1.807) is 0 Å². The number of hydrogen-bond acceptors (Lipinski definition) is 5. The number of hydrogen-bond donors (Lipinski definition) is 2. The molecule has 2 aliphatic heterocycles. The number of aliphatic imine (C=N–C) groups is 1. The highest BCUT2D eigenvalue weighted by atomic mass is 16.2. The van der Waals surface area contributed by atoms with E-state index in [9.17, 15) is 4.79 Å². The maximum absolute atomic E-state index is 12.8.